The number of hydrogen-bond donors (Lipinski definition) is 2. The van der Waals surface area contributed by atoms with Crippen LogP contribution in [0.1, 0.15) is 39.5 Å². The van der Waals surface area contributed by atoms with Gasteiger partial charge in [0, 0.05) is 13.7 Å². The van der Waals surface area contributed by atoms with Gasteiger partial charge in [-0.1, -0.05) is 26.7 Å². The third kappa shape index (κ3) is 6.02. The third-order valence-corrected chi connectivity index (χ3v) is 3.04. The second-order valence-electron chi connectivity index (χ2n) is 4.72. The van der Waals surface area contributed by atoms with Crippen LogP contribution in [0.3, 0.4) is 0 Å². The summed E-state index contributed by atoms with van der Waals surface area (Å²) in [7, 11) is 1.55. The van der Waals surface area contributed by atoms with Crippen LogP contribution >= 0.6 is 0 Å². The Morgan fingerprint density at radius 1 is 1.20 bits per heavy atom. The molecule has 0 rings (SSSR count). The molecule has 0 radical (unpaired) electrons. The van der Waals surface area contributed by atoms with Crippen molar-refractivity contribution in [2.75, 3.05) is 26.8 Å². The van der Waals surface area contributed by atoms with E-state index in [2.05, 4.69) is 16.7 Å². The zero-order valence-corrected chi connectivity index (χ0v) is 12.6. The lowest BCUT2D eigenvalue weighted by atomic mass is 9.80. The fourth-order valence-electron chi connectivity index (χ4n) is 2.05. The van der Waals surface area contributed by atoms with Crippen molar-refractivity contribution in [1.29, 1.82) is 5.26 Å². The van der Waals surface area contributed by atoms with Gasteiger partial charge < -0.3 is 15.4 Å². The predicted molar refractivity (Wildman–Crippen MR) is 75.8 cm³/mol. The fraction of sp³-hybridized carbons (Fsp3) is 0.786. The average molecular weight is 283 g/mol. The van der Waals surface area contributed by atoms with Crippen molar-refractivity contribution < 1.29 is 14.3 Å². The topological polar surface area (TPSA) is 91.2 Å². The maximum Gasteiger partial charge on any atom is 0.240 e. The minimum atomic E-state index is -1.02. The van der Waals surface area contributed by atoms with Crippen molar-refractivity contribution in [1.82, 2.24) is 10.6 Å². The van der Waals surface area contributed by atoms with E-state index < -0.39 is 5.41 Å². The van der Waals surface area contributed by atoms with Gasteiger partial charge in [0.25, 0.3) is 0 Å². The van der Waals surface area contributed by atoms with Crippen LogP contribution in [-0.4, -0.2) is 38.6 Å². The molecule has 0 saturated carbocycles. The monoisotopic (exact) mass is 283 g/mol. The zero-order chi connectivity index (χ0) is 15.4. The van der Waals surface area contributed by atoms with Gasteiger partial charge in [0.05, 0.1) is 19.2 Å². The van der Waals surface area contributed by atoms with Crippen molar-refractivity contribution in [3.8, 4) is 6.07 Å². The summed E-state index contributed by atoms with van der Waals surface area (Å²) < 4.78 is 4.81. The molecule has 0 heterocycles. The molecule has 0 aromatic rings. The molecule has 114 valence electrons. The molecule has 0 aromatic carbocycles. The molecule has 0 aromatic heterocycles. The lowest BCUT2D eigenvalue weighted by Gasteiger charge is -2.24. The summed E-state index contributed by atoms with van der Waals surface area (Å²) in [6.45, 7) is 4.59. The second-order valence-corrected chi connectivity index (χ2v) is 4.72. The number of methoxy groups -OCH3 is 1. The zero-order valence-electron chi connectivity index (χ0n) is 12.6. The van der Waals surface area contributed by atoms with E-state index in [1.54, 1.807) is 7.11 Å². The summed E-state index contributed by atoms with van der Waals surface area (Å²) >= 11 is 0. The number of hydrogen-bond acceptors (Lipinski definition) is 4. The Bertz CT molecular complexity index is 344. The van der Waals surface area contributed by atoms with Crippen molar-refractivity contribution >= 4 is 11.8 Å². The lowest BCUT2D eigenvalue weighted by Crippen LogP contribution is -2.45. The second kappa shape index (κ2) is 10.2. The van der Waals surface area contributed by atoms with E-state index in [1.807, 2.05) is 13.8 Å². The van der Waals surface area contributed by atoms with Crippen LogP contribution in [0.5, 0.6) is 0 Å². The maximum atomic E-state index is 12.2. The minimum Gasteiger partial charge on any atom is -0.383 e. The normalized spacial score (nSPS) is 10.7. The molecular formula is C14H25N3O3. The molecule has 0 aliphatic heterocycles. The molecule has 6 nitrogen and oxygen atoms in total. The molecule has 2 amide bonds. The van der Waals surface area contributed by atoms with Crippen LogP contribution < -0.4 is 10.6 Å². The van der Waals surface area contributed by atoms with Gasteiger partial charge in [-0.3, -0.25) is 9.59 Å². The van der Waals surface area contributed by atoms with Crippen LogP contribution in [0.15, 0.2) is 0 Å². The van der Waals surface area contributed by atoms with Gasteiger partial charge >= 0.3 is 0 Å². The number of rotatable bonds is 10. The number of amides is 2. The Kier molecular flexibility index (Phi) is 9.39. The first kappa shape index (κ1) is 18.4. The maximum absolute atomic E-state index is 12.2. The highest BCUT2D eigenvalue weighted by atomic mass is 16.5. The molecular weight excluding hydrogens is 258 g/mol. The number of nitrogens with one attached hydrogen (secondary N) is 2. The molecule has 0 aliphatic carbocycles. The standard InChI is InChI=1S/C14H25N3O3/c1-4-6-14(11-15,7-5-2)13(19)17-10-12(18)16-8-9-20-3/h4-10H2,1-3H3,(H,16,18)(H,17,19). The van der Waals surface area contributed by atoms with Crippen molar-refractivity contribution in [3.05, 3.63) is 0 Å². The van der Waals surface area contributed by atoms with E-state index in [4.69, 9.17) is 4.74 Å². The smallest absolute Gasteiger partial charge is 0.240 e. The molecule has 6 heteroatoms. The molecule has 0 fully saturated rings. The van der Waals surface area contributed by atoms with E-state index in [0.717, 1.165) is 12.8 Å². The largest absolute Gasteiger partial charge is 0.383 e. The number of ether oxygens (including phenoxy) is 1. The number of nitrogens with zero attached hydrogens (tertiary/aromatic N) is 1. The van der Waals surface area contributed by atoms with Gasteiger partial charge in [-0.2, -0.15) is 5.26 Å². The molecule has 2 N–H and O–H groups in total. The van der Waals surface area contributed by atoms with Crippen LogP contribution in [0, 0.1) is 16.7 Å². The van der Waals surface area contributed by atoms with Crippen LogP contribution in [0.2, 0.25) is 0 Å². The Balaban J connectivity index is 4.40. The Morgan fingerprint density at radius 3 is 2.25 bits per heavy atom. The minimum absolute atomic E-state index is 0.112. The molecule has 0 unspecified atom stereocenters. The van der Waals surface area contributed by atoms with Crippen molar-refractivity contribution in [2.24, 2.45) is 5.41 Å². The first-order chi connectivity index (χ1) is 9.56. The highest BCUT2D eigenvalue weighted by Crippen LogP contribution is 2.29. The molecule has 0 bridgehead atoms. The van der Waals surface area contributed by atoms with Crippen molar-refractivity contribution in [3.63, 3.8) is 0 Å². The highest BCUT2D eigenvalue weighted by Gasteiger charge is 2.36. The van der Waals surface area contributed by atoms with Gasteiger partial charge in [-0.15, -0.1) is 0 Å². The summed E-state index contributed by atoms with van der Waals surface area (Å²) in [5.41, 5.74) is -1.02. The SMILES string of the molecule is CCCC(C#N)(CCC)C(=O)NCC(=O)NCCOC. The Hall–Kier alpha value is -1.61. The number of carbonyl (C=O) groups excluding carboxylic acids is 2. The summed E-state index contributed by atoms with van der Waals surface area (Å²) in [6.07, 6.45) is 2.52. The molecule has 0 saturated heterocycles. The van der Waals surface area contributed by atoms with Crippen molar-refractivity contribution in [2.45, 2.75) is 39.5 Å². The number of nitriles is 1. The van der Waals surface area contributed by atoms with Gasteiger partial charge in [0.1, 0.15) is 5.41 Å². The Labute approximate surface area is 120 Å². The first-order valence-electron chi connectivity index (χ1n) is 7.01. The van der Waals surface area contributed by atoms with Gasteiger partial charge in [0.2, 0.25) is 11.8 Å². The summed E-state index contributed by atoms with van der Waals surface area (Å²) in [6, 6.07) is 2.13. The number of carbonyl (C=O) groups is 2. The van der Waals surface area contributed by atoms with E-state index >= 15 is 0 Å². The first-order valence-corrected chi connectivity index (χ1v) is 7.01. The third-order valence-electron chi connectivity index (χ3n) is 3.04. The lowest BCUT2D eigenvalue weighted by molar-refractivity contribution is -0.131. The van der Waals surface area contributed by atoms with Gasteiger partial charge in [-0.25, -0.2) is 0 Å². The molecule has 0 atom stereocenters. The summed E-state index contributed by atoms with van der Waals surface area (Å²) in [5.74, 6) is -0.638. The fourth-order valence-corrected chi connectivity index (χ4v) is 2.05. The highest BCUT2D eigenvalue weighted by molar-refractivity contribution is 5.89. The summed E-state index contributed by atoms with van der Waals surface area (Å²) in [5, 5.41) is 14.5. The molecule has 20 heavy (non-hydrogen) atoms. The summed E-state index contributed by atoms with van der Waals surface area (Å²) in [4.78, 5) is 23.7. The molecule has 0 spiro atoms. The van der Waals surface area contributed by atoms with E-state index in [0.29, 0.717) is 26.0 Å². The average Bonchev–Trinajstić information content (AvgIpc) is 2.44. The van der Waals surface area contributed by atoms with E-state index in [9.17, 15) is 14.9 Å². The van der Waals surface area contributed by atoms with Crippen LogP contribution in [-0.2, 0) is 14.3 Å². The van der Waals surface area contributed by atoms with Gasteiger partial charge in [0.15, 0.2) is 0 Å². The van der Waals surface area contributed by atoms with Gasteiger partial charge in [-0.05, 0) is 12.8 Å². The Morgan fingerprint density at radius 2 is 1.80 bits per heavy atom. The van der Waals surface area contributed by atoms with E-state index in [1.165, 1.54) is 0 Å². The van der Waals surface area contributed by atoms with Crippen LogP contribution in [0.25, 0.3) is 0 Å². The predicted octanol–water partition coefficient (Wildman–Crippen LogP) is 0.975. The molecule has 0 aliphatic rings. The quantitative estimate of drug-likeness (QED) is 0.585. The van der Waals surface area contributed by atoms with Crippen LogP contribution in [0.4, 0.5) is 0 Å². The van der Waals surface area contributed by atoms with E-state index in [-0.39, 0.29) is 18.4 Å².